The van der Waals surface area contributed by atoms with Gasteiger partial charge in [-0.1, -0.05) is 5.16 Å². The second-order valence-corrected chi connectivity index (χ2v) is 5.52. The minimum atomic E-state index is 0.567. The van der Waals surface area contributed by atoms with Crippen molar-refractivity contribution in [2.75, 3.05) is 5.32 Å². The van der Waals surface area contributed by atoms with E-state index in [1.807, 2.05) is 44.3 Å². The van der Waals surface area contributed by atoms with E-state index in [-0.39, 0.29) is 0 Å². The fourth-order valence-electron chi connectivity index (χ4n) is 2.50. The zero-order chi connectivity index (χ0) is 16.5. The first-order chi connectivity index (χ1) is 11.7. The Hall–Kier alpha value is -3.29. The quantitative estimate of drug-likeness (QED) is 0.616. The van der Waals surface area contributed by atoms with E-state index >= 15 is 0 Å². The van der Waals surface area contributed by atoms with Crippen LogP contribution in [0.3, 0.4) is 0 Å². The van der Waals surface area contributed by atoms with Gasteiger partial charge in [-0.25, -0.2) is 9.67 Å². The summed E-state index contributed by atoms with van der Waals surface area (Å²) in [6.45, 7) is 2.57. The third kappa shape index (κ3) is 2.58. The van der Waals surface area contributed by atoms with E-state index in [1.165, 1.54) is 0 Å². The van der Waals surface area contributed by atoms with Crippen molar-refractivity contribution in [3.05, 3.63) is 47.8 Å². The van der Waals surface area contributed by atoms with Gasteiger partial charge in [-0.3, -0.25) is 0 Å². The molecule has 8 heteroatoms. The third-order valence-corrected chi connectivity index (χ3v) is 3.83. The highest BCUT2D eigenvalue weighted by molar-refractivity contribution is 5.76. The van der Waals surface area contributed by atoms with Gasteiger partial charge in [0.05, 0.1) is 11.1 Å². The van der Waals surface area contributed by atoms with Crippen molar-refractivity contribution in [1.29, 1.82) is 0 Å². The van der Waals surface area contributed by atoms with Crippen molar-refractivity contribution in [3.8, 4) is 11.4 Å². The summed E-state index contributed by atoms with van der Waals surface area (Å²) in [5.41, 5.74) is 4.46. The van der Waals surface area contributed by atoms with Crippen LogP contribution in [0.5, 0.6) is 0 Å². The van der Waals surface area contributed by atoms with Gasteiger partial charge in [0.1, 0.15) is 0 Å². The standard InChI is InChI=1S/C16H15N7O/c1-10-14-7-11(9-18-16(14)24-20-10)8-17-13-5-3-12(4-6-13)15-19-21-22-23(15)2/h3-7,9,17H,8H2,1-2H3. The van der Waals surface area contributed by atoms with Crippen LogP contribution in [0.1, 0.15) is 11.3 Å². The number of nitrogens with zero attached hydrogens (tertiary/aromatic N) is 6. The van der Waals surface area contributed by atoms with E-state index in [2.05, 4.69) is 31.0 Å². The molecule has 0 aliphatic heterocycles. The zero-order valence-electron chi connectivity index (χ0n) is 13.3. The zero-order valence-corrected chi connectivity index (χ0v) is 13.3. The van der Waals surface area contributed by atoms with Crippen molar-refractivity contribution < 1.29 is 4.52 Å². The average Bonchev–Trinajstić information content (AvgIpc) is 3.20. The Morgan fingerprint density at radius 3 is 2.79 bits per heavy atom. The van der Waals surface area contributed by atoms with Crippen LogP contribution >= 0.6 is 0 Å². The lowest BCUT2D eigenvalue weighted by atomic mass is 10.2. The number of anilines is 1. The molecule has 4 aromatic rings. The minimum absolute atomic E-state index is 0.567. The molecule has 0 saturated heterocycles. The maximum absolute atomic E-state index is 5.12. The Morgan fingerprint density at radius 2 is 2.04 bits per heavy atom. The van der Waals surface area contributed by atoms with Crippen LogP contribution in [0.4, 0.5) is 5.69 Å². The number of benzene rings is 1. The highest BCUT2D eigenvalue weighted by Gasteiger charge is 2.07. The molecule has 4 rings (SSSR count). The second-order valence-electron chi connectivity index (χ2n) is 5.52. The summed E-state index contributed by atoms with van der Waals surface area (Å²) in [7, 11) is 1.82. The summed E-state index contributed by atoms with van der Waals surface area (Å²) in [6.07, 6.45) is 1.79. The molecular weight excluding hydrogens is 306 g/mol. The van der Waals surface area contributed by atoms with Crippen LogP contribution in [-0.4, -0.2) is 30.3 Å². The smallest absolute Gasteiger partial charge is 0.257 e. The molecule has 0 fully saturated rings. The molecule has 0 spiro atoms. The maximum Gasteiger partial charge on any atom is 0.257 e. The van der Waals surface area contributed by atoms with E-state index in [0.29, 0.717) is 12.3 Å². The summed E-state index contributed by atoms with van der Waals surface area (Å²) in [5.74, 6) is 0.735. The first kappa shape index (κ1) is 14.3. The molecule has 0 unspecified atom stereocenters. The van der Waals surface area contributed by atoms with Crippen LogP contribution in [-0.2, 0) is 13.6 Å². The van der Waals surface area contributed by atoms with E-state index in [9.17, 15) is 0 Å². The maximum atomic E-state index is 5.12. The van der Waals surface area contributed by atoms with Crippen molar-refractivity contribution in [2.45, 2.75) is 13.5 Å². The fraction of sp³-hybridized carbons (Fsp3) is 0.188. The van der Waals surface area contributed by atoms with Crippen molar-refractivity contribution >= 4 is 16.8 Å². The Bertz CT molecular complexity index is 987. The molecule has 3 aromatic heterocycles. The van der Waals surface area contributed by atoms with Gasteiger partial charge in [-0.05, 0) is 53.2 Å². The Kier molecular flexibility index (Phi) is 3.42. The molecule has 0 aliphatic carbocycles. The van der Waals surface area contributed by atoms with Crippen LogP contribution in [0.15, 0.2) is 41.1 Å². The van der Waals surface area contributed by atoms with E-state index in [0.717, 1.165) is 33.7 Å². The Labute approximate surface area is 137 Å². The van der Waals surface area contributed by atoms with E-state index in [4.69, 9.17) is 4.52 Å². The molecule has 0 bridgehead atoms. The topological polar surface area (TPSA) is 94.6 Å². The first-order valence-electron chi connectivity index (χ1n) is 7.48. The summed E-state index contributed by atoms with van der Waals surface area (Å²) in [6, 6.07) is 10.0. The molecule has 0 atom stereocenters. The number of nitrogens with one attached hydrogen (secondary N) is 1. The molecule has 1 N–H and O–H groups in total. The van der Waals surface area contributed by atoms with E-state index < -0.39 is 0 Å². The molecule has 1 aromatic carbocycles. The number of pyridine rings is 1. The lowest BCUT2D eigenvalue weighted by Crippen LogP contribution is -2.00. The van der Waals surface area contributed by atoms with Crippen LogP contribution in [0, 0.1) is 6.92 Å². The number of aryl methyl sites for hydroxylation is 2. The molecule has 0 saturated carbocycles. The average molecular weight is 321 g/mol. The lowest BCUT2D eigenvalue weighted by Gasteiger charge is -2.07. The van der Waals surface area contributed by atoms with Gasteiger partial charge in [0.2, 0.25) is 0 Å². The van der Waals surface area contributed by atoms with Gasteiger partial charge < -0.3 is 9.84 Å². The summed E-state index contributed by atoms with van der Waals surface area (Å²) >= 11 is 0. The third-order valence-electron chi connectivity index (χ3n) is 3.83. The number of hydrogen-bond donors (Lipinski definition) is 1. The summed E-state index contributed by atoms with van der Waals surface area (Å²) < 4.78 is 6.77. The van der Waals surface area contributed by atoms with Crippen molar-refractivity contribution in [1.82, 2.24) is 30.3 Å². The number of aromatic nitrogens is 6. The molecule has 0 amide bonds. The highest BCUT2D eigenvalue weighted by atomic mass is 16.5. The van der Waals surface area contributed by atoms with Crippen LogP contribution < -0.4 is 5.32 Å². The summed E-state index contributed by atoms with van der Waals surface area (Å²) in [5, 5.41) is 19.7. The lowest BCUT2D eigenvalue weighted by molar-refractivity contribution is 0.443. The van der Waals surface area contributed by atoms with E-state index in [1.54, 1.807) is 10.9 Å². The number of hydrogen-bond acceptors (Lipinski definition) is 7. The molecule has 120 valence electrons. The first-order valence-corrected chi connectivity index (χ1v) is 7.48. The SMILES string of the molecule is Cc1noc2ncc(CNc3ccc(-c4nnnn4C)cc3)cc12. The Balaban J connectivity index is 1.49. The van der Waals surface area contributed by atoms with Gasteiger partial charge in [0.15, 0.2) is 5.82 Å². The van der Waals surface area contributed by atoms with Gasteiger partial charge >= 0.3 is 0 Å². The molecule has 0 aliphatic rings. The van der Waals surface area contributed by atoms with Crippen molar-refractivity contribution in [2.24, 2.45) is 7.05 Å². The molecule has 8 nitrogen and oxygen atoms in total. The minimum Gasteiger partial charge on any atom is -0.381 e. The largest absolute Gasteiger partial charge is 0.381 e. The molecular formula is C16H15N7O. The van der Waals surface area contributed by atoms with Crippen LogP contribution in [0.2, 0.25) is 0 Å². The number of rotatable bonds is 4. The Morgan fingerprint density at radius 1 is 1.21 bits per heavy atom. The molecule has 24 heavy (non-hydrogen) atoms. The highest BCUT2D eigenvalue weighted by Crippen LogP contribution is 2.20. The number of fused-ring (bicyclic) bond motifs is 1. The van der Waals surface area contributed by atoms with Gasteiger partial charge in [-0.2, -0.15) is 0 Å². The normalized spacial score (nSPS) is 11.1. The molecule has 3 heterocycles. The fourth-order valence-corrected chi connectivity index (χ4v) is 2.50. The summed E-state index contributed by atoms with van der Waals surface area (Å²) in [4.78, 5) is 4.28. The monoisotopic (exact) mass is 321 g/mol. The van der Waals surface area contributed by atoms with Gasteiger partial charge in [0.25, 0.3) is 5.71 Å². The van der Waals surface area contributed by atoms with Crippen molar-refractivity contribution in [3.63, 3.8) is 0 Å². The van der Waals surface area contributed by atoms with Gasteiger partial charge in [0, 0.05) is 31.0 Å². The van der Waals surface area contributed by atoms with Gasteiger partial charge in [-0.15, -0.1) is 5.10 Å². The van der Waals surface area contributed by atoms with Crippen LogP contribution in [0.25, 0.3) is 22.5 Å². The predicted octanol–water partition coefficient (Wildman–Crippen LogP) is 2.33. The number of tetrazole rings is 1. The second kappa shape index (κ2) is 5.73. The molecule has 0 radical (unpaired) electrons. The predicted molar refractivity (Wildman–Crippen MR) is 88.1 cm³/mol.